The maximum Gasteiger partial charge on any atom is 0.314 e. The monoisotopic (exact) mass is 239 g/mol. The van der Waals surface area contributed by atoms with Crippen LogP contribution in [0.3, 0.4) is 0 Å². The first-order valence-electron chi connectivity index (χ1n) is 5.58. The molecule has 0 aliphatic rings. The molecular weight excluding hydrogens is 222 g/mol. The Morgan fingerprint density at radius 2 is 2.35 bits per heavy atom. The smallest absolute Gasteiger partial charge is 0.314 e. The maximum atomic E-state index is 10.9. The quantitative estimate of drug-likeness (QED) is 0.448. The van der Waals surface area contributed by atoms with E-state index in [4.69, 9.17) is 4.74 Å². The van der Waals surface area contributed by atoms with Crippen LogP contribution < -0.4 is 5.32 Å². The molecule has 6 heteroatoms. The molecule has 0 atom stereocenters. The zero-order chi connectivity index (χ0) is 12.7. The summed E-state index contributed by atoms with van der Waals surface area (Å²) in [5.41, 5.74) is 0.654. The molecule has 1 aromatic heterocycles. The molecule has 0 aliphatic heterocycles. The molecule has 0 radical (unpaired) electrons. The van der Waals surface area contributed by atoms with Crippen molar-refractivity contribution in [3.8, 4) is 0 Å². The van der Waals surface area contributed by atoms with E-state index in [9.17, 15) is 10.1 Å². The van der Waals surface area contributed by atoms with Gasteiger partial charge in [-0.05, 0) is 26.3 Å². The molecule has 17 heavy (non-hydrogen) atoms. The van der Waals surface area contributed by atoms with E-state index < -0.39 is 4.92 Å². The number of nitrogens with one attached hydrogen (secondary N) is 1. The number of aromatic nitrogens is 1. The van der Waals surface area contributed by atoms with Crippen LogP contribution in [0.5, 0.6) is 0 Å². The second-order valence-electron chi connectivity index (χ2n) is 3.56. The topological polar surface area (TPSA) is 77.3 Å². The molecule has 0 saturated heterocycles. The van der Waals surface area contributed by atoms with E-state index in [2.05, 4.69) is 10.3 Å². The molecule has 0 aliphatic carbocycles. The average Bonchev–Trinajstić information content (AvgIpc) is 2.28. The highest BCUT2D eigenvalue weighted by atomic mass is 16.6. The summed E-state index contributed by atoms with van der Waals surface area (Å²) in [4.78, 5) is 14.5. The Labute approximate surface area is 100 Å². The van der Waals surface area contributed by atoms with Gasteiger partial charge in [0.2, 0.25) is 5.82 Å². The van der Waals surface area contributed by atoms with Crippen LogP contribution in [0.2, 0.25) is 0 Å². The van der Waals surface area contributed by atoms with Gasteiger partial charge in [-0.15, -0.1) is 0 Å². The van der Waals surface area contributed by atoms with Gasteiger partial charge in [-0.1, -0.05) is 0 Å². The summed E-state index contributed by atoms with van der Waals surface area (Å²) in [7, 11) is 0. The summed E-state index contributed by atoms with van der Waals surface area (Å²) in [6.07, 6.45) is 2.35. The maximum absolute atomic E-state index is 10.9. The third-order valence-corrected chi connectivity index (χ3v) is 2.27. The van der Waals surface area contributed by atoms with Crippen LogP contribution >= 0.6 is 0 Å². The number of nitro groups is 1. The Hall–Kier alpha value is -1.69. The predicted octanol–water partition coefficient (Wildman–Crippen LogP) is 2.14. The number of aryl methyl sites for hydroxylation is 1. The average molecular weight is 239 g/mol. The van der Waals surface area contributed by atoms with Gasteiger partial charge < -0.3 is 10.1 Å². The highest BCUT2D eigenvalue weighted by molar-refractivity contribution is 5.59. The molecule has 0 aromatic carbocycles. The predicted molar refractivity (Wildman–Crippen MR) is 65.2 cm³/mol. The summed E-state index contributed by atoms with van der Waals surface area (Å²) in [5, 5.41) is 13.8. The third-order valence-electron chi connectivity index (χ3n) is 2.27. The Bertz CT molecular complexity index is 382. The number of anilines is 1. The molecule has 0 spiro atoms. The van der Waals surface area contributed by atoms with Crippen LogP contribution in [-0.4, -0.2) is 29.7 Å². The lowest BCUT2D eigenvalue weighted by molar-refractivity contribution is -0.384. The second-order valence-corrected chi connectivity index (χ2v) is 3.56. The molecular formula is C11H17N3O3. The SMILES string of the molecule is CCOCCCNc1nccc(C)c1[N+](=O)[O-]. The van der Waals surface area contributed by atoms with E-state index in [1.807, 2.05) is 6.92 Å². The largest absolute Gasteiger partial charge is 0.382 e. The van der Waals surface area contributed by atoms with E-state index in [-0.39, 0.29) is 5.69 Å². The van der Waals surface area contributed by atoms with Crippen molar-refractivity contribution in [3.63, 3.8) is 0 Å². The lowest BCUT2D eigenvalue weighted by Crippen LogP contribution is -2.09. The standard InChI is InChI=1S/C11H17N3O3/c1-3-17-8-4-6-12-11-10(14(15)16)9(2)5-7-13-11/h5,7H,3-4,6,8H2,1-2H3,(H,12,13). The molecule has 0 amide bonds. The van der Waals surface area contributed by atoms with Crippen LogP contribution in [0.1, 0.15) is 18.9 Å². The lowest BCUT2D eigenvalue weighted by atomic mass is 10.2. The number of nitrogens with zero attached hydrogens (tertiary/aromatic N) is 2. The van der Waals surface area contributed by atoms with Crippen LogP contribution in [0.25, 0.3) is 0 Å². The summed E-state index contributed by atoms with van der Waals surface area (Å²) in [6.45, 7) is 5.56. The molecule has 94 valence electrons. The van der Waals surface area contributed by atoms with Gasteiger partial charge in [0.15, 0.2) is 0 Å². The van der Waals surface area contributed by atoms with Crippen molar-refractivity contribution < 1.29 is 9.66 Å². The summed E-state index contributed by atoms with van der Waals surface area (Å²) in [6, 6.07) is 1.63. The molecule has 1 heterocycles. The highest BCUT2D eigenvalue weighted by Gasteiger charge is 2.17. The van der Waals surface area contributed by atoms with E-state index in [0.717, 1.165) is 6.42 Å². The molecule has 0 unspecified atom stereocenters. The van der Waals surface area contributed by atoms with Crippen molar-refractivity contribution in [1.82, 2.24) is 4.98 Å². The fourth-order valence-corrected chi connectivity index (χ4v) is 1.44. The van der Waals surface area contributed by atoms with E-state index in [1.165, 1.54) is 0 Å². The first-order chi connectivity index (χ1) is 8.16. The van der Waals surface area contributed by atoms with Crippen molar-refractivity contribution in [3.05, 3.63) is 27.9 Å². The Kier molecular flexibility index (Phi) is 5.35. The van der Waals surface area contributed by atoms with E-state index in [0.29, 0.717) is 31.1 Å². The Balaban J connectivity index is 2.58. The lowest BCUT2D eigenvalue weighted by Gasteiger charge is -2.07. The third kappa shape index (κ3) is 3.99. The van der Waals surface area contributed by atoms with Gasteiger partial charge in [0.25, 0.3) is 0 Å². The highest BCUT2D eigenvalue weighted by Crippen LogP contribution is 2.25. The fourth-order valence-electron chi connectivity index (χ4n) is 1.44. The van der Waals surface area contributed by atoms with Gasteiger partial charge >= 0.3 is 5.69 Å². The van der Waals surface area contributed by atoms with Crippen LogP contribution in [0.15, 0.2) is 12.3 Å². The number of ether oxygens (including phenoxy) is 1. The van der Waals surface area contributed by atoms with E-state index >= 15 is 0 Å². The summed E-state index contributed by atoms with van der Waals surface area (Å²) >= 11 is 0. The number of pyridine rings is 1. The van der Waals surface area contributed by atoms with Crippen LogP contribution in [0.4, 0.5) is 11.5 Å². The number of hydrogen-bond donors (Lipinski definition) is 1. The Morgan fingerprint density at radius 3 is 3.00 bits per heavy atom. The van der Waals surface area contributed by atoms with Gasteiger partial charge in [0.05, 0.1) is 4.92 Å². The van der Waals surface area contributed by atoms with Crippen molar-refractivity contribution in [2.75, 3.05) is 25.1 Å². The van der Waals surface area contributed by atoms with Crippen LogP contribution in [0, 0.1) is 17.0 Å². The first-order valence-corrected chi connectivity index (χ1v) is 5.58. The molecule has 6 nitrogen and oxygen atoms in total. The van der Waals surface area contributed by atoms with Gasteiger partial charge in [-0.25, -0.2) is 4.98 Å². The molecule has 0 saturated carbocycles. The van der Waals surface area contributed by atoms with Gasteiger partial charge in [0.1, 0.15) is 0 Å². The zero-order valence-electron chi connectivity index (χ0n) is 10.1. The molecule has 1 N–H and O–H groups in total. The minimum Gasteiger partial charge on any atom is -0.382 e. The van der Waals surface area contributed by atoms with E-state index in [1.54, 1.807) is 19.2 Å². The fraction of sp³-hybridized carbons (Fsp3) is 0.545. The molecule has 1 rings (SSSR count). The van der Waals surface area contributed by atoms with Crippen molar-refractivity contribution in [1.29, 1.82) is 0 Å². The van der Waals surface area contributed by atoms with Crippen LogP contribution in [-0.2, 0) is 4.74 Å². The van der Waals surface area contributed by atoms with Gasteiger partial charge in [0, 0.05) is 31.5 Å². The molecule has 0 bridgehead atoms. The first kappa shape index (κ1) is 13.4. The zero-order valence-corrected chi connectivity index (χ0v) is 10.1. The van der Waals surface area contributed by atoms with Gasteiger partial charge in [-0.3, -0.25) is 10.1 Å². The summed E-state index contributed by atoms with van der Waals surface area (Å²) in [5.74, 6) is 0.325. The summed E-state index contributed by atoms with van der Waals surface area (Å²) < 4.78 is 5.18. The molecule has 1 aromatic rings. The minimum absolute atomic E-state index is 0.0453. The second kappa shape index (κ2) is 6.80. The van der Waals surface area contributed by atoms with Gasteiger partial charge in [-0.2, -0.15) is 0 Å². The van der Waals surface area contributed by atoms with Crippen molar-refractivity contribution in [2.45, 2.75) is 20.3 Å². The number of rotatable bonds is 7. The Morgan fingerprint density at radius 1 is 1.59 bits per heavy atom. The number of hydrogen-bond acceptors (Lipinski definition) is 5. The van der Waals surface area contributed by atoms with Crippen molar-refractivity contribution >= 4 is 11.5 Å². The molecule has 0 fully saturated rings. The minimum atomic E-state index is -0.410. The van der Waals surface area contributed by atoms with Crippen molar-refractivity contribution in [2.24, 2.45) is 0 Å². The normalized spacial score (nSPS) is 10.2.